The zero-order valence-electron chi connectivity index (χ0n) is 21.1. The number of carbonyl (C=O) groups excluding carboxylic acids is 1. The summed E-state index contributed by atoms with van der Waals surface area (Å²) in [6.07, 6.45) is 4.56. The number of alkyl halides is 1. The van der Waals surface area contributed by atoms with Gasteiger partial charge in [-0.3, -0.25) is 0 Å². The summed E-state index contributed by atoms with van der Waals surface area (Å²) >= 11 is 6.23. The summed E-state index contributed by atoms with van der Waals surface area (Å²) in [5, 5.41) is 17.9. The normalized spacial score (nSPS) is 21.4. The van der Waals surface area contributed by atoms with Gasteiger partial charge in [-0.1, -0.05) is 43.0 Å². The van der Waals surface area contributed by atoms with Crippen molar-refractivity contribution in [1.82, 2.24) is 20.9 Å². The first-order valence-electron chi connectivity index (χ1n) is 13.0. The smallest absolute Gasteiger partial charge is 0.404 e. The number of hydrogen-bond donors (Lipinski definition) is 4. The van der Waals surface area contributed by atoms with Crippen LogP contribution in [0, 0.1) is 5.92 Å². The van der Waals surface area contributed by atoms with E-state index in [1.807, 2.05) is 25.2 Å². The number of nitrogens with zero attached hydrogens (tertiary/aromatic N) is 1. The van der Waals surface area contributed by atoms with Gasteiger partial charge < -0.3 is 30.7 Å². The molecule has 8 nitrogen and oxygen atoms in total. The summed E-state index contributed by atoms with van der Waals surface area (Å²) in [5.74, 6) is 0.0152. The van der Waals surface area contributed by atoms with Crippen LogP contribution in [0.15, 0.2) is 24.3 Å². The number of ether oxygens (including phenoxy) is 1. The largest absolute Gasteiger partial charge is 0.465 e. The monoisotopic (exact) mass is 526 g/mol. The number of rotatable bonds is 11. The van der Waals surface area contributed by atoms with Gasteiger partial charge in [0.25, 0.3) is 0 Å². The summed E-state index contributed by atoms with van der Waals surface area (Å²) in [4.78, 5) is 25.8. The minimum absolute atomic E-state index is 0.0152. The Labute approximate surface area is 218 Å². The lowest BCUT2D eigenvalue weighted by atomic mass is 9.82. The van der Waals surface area contributed by atoms with Crippen LogP contribution in [-0.2, 0) is 4.74 Å². The molecule has 1 heterocycles. The van der Waals surface area contributed by atoms with Gasteiger partial charge in [0.1, 0.15) is 5.67 Å². The Kier molecular flexibility index (Phi) is 11.1. The van der Waals surface area contributed by atoms with E-state index in [1.54, 1.807) is 11.0 Å². The van der Waals surface area contributed by atoms with Gasteiger partial charge >= 0.3 is 12.1 Å². The first-order valence-corrected chi connectivity index (χ1v) is 13.4. The first-order chi connectivity index (χ1) is 17.3. The van der Waals surface area contributed by atoms with Crippen molar-refractivity contribution in [3.63, 3.8) is 0 Å². The van der Waals surface area contributed by atoms with Crippen LogP contribution in [0.5, 0.6) is 0 Å². The summed E-state index contributed by atoms with van der Waals surface area (Å²) in [6.45, 7) is 2.00. The van der Waals surface area contributed by atoms with E-state index < -0.39 is 11.8 Å². The van der Waals surface area contributed by atoms with Crippen LogP contribution in [0.1, 0.15) is 63.0 Å². The minimum atomic E-state index is -1.22. The second kappa shape index (κ2) is 14.0. The maximum absolute atomic E-state index is 15.4. The first kappa shape index (κ1) is 28.5. The molecular weight excluding hydrogens is 487 g/mol. The van der Waals surface area contributed by atoms with Crippen LogP contribution >= 0.6 is 11.6 Å². The van der Waals surface area contributed by atoms with Gasteiger partial charge in [-0.25, -0.2) is 14.0 Å². The molecule has 0 radical (unpaired) electrons. The molecule has 2 aliphatic rings. The molecule has 1 saturated carbocycles. The lowest BCUT2D eigenvalue weighted by Gasteiger charge is -2.38. The molecule has 2 fully saturated rings. The number of nitrogens with one attached hydrogen (secondary N) is 3. The van der Waals surface area contributed by atoms with E-state index in [0.717, 1.165) is 37.7 Å². The number of likely N-dealkylation sites (tertiary alicyclic amines) is 1. The Balaban J connectivity index is 1.64. The molecular formula is C26H40ClFN4O4. The van der Waals surface area contributed by atoms with Gasteiger partial charge in [0.2, 0.25) is 0 Å². The van der Waals surface area contributed by atoms with Crippen LogP contribution in [0.4, 0.5) is 14.0 Å². The summed E-state index contributed by atoms with van der Waals surface area (Å²) in [6, 6.07) is 6.97. The van der Waals surface area contributed by atoms with E-state index >= 15 is 4.39 Å². The molecule has 1 aliphatic carbocycles. The van der Waals surface area contributed by atoms with E-state index in [0.29, 0.717) is 43.9 Å². The topological polar surface area (TPSA) is 103 Å². The predicted octanol–water partition coefficient (Wildman–Crippen LogP) is 4.74. The molecule has 0 spiro atoms. The minimum Gasteiger partial charge on any atom is -0.465 e. The van der Waals surface area contributed by atoms with Crippen LogP contribution in [-0.4, -0.2) is 73.7 Å². The summed E-state index contributed by atoms with van der Waals surface area (Å²) in [5.41, 5.74) is -0.317. The molecule has 3 amide bonds. The predicted molar refractivity (Wildman–Crippen MR) is 138 cm³/mol. The standard InChI is InChI=1S/C26H40ClFN4O4/c1-29-17-22(16-26(28)10-3-2-4-11-26)31-24(33)32-13-6-8-20(18-32)23(36-14-12-30-25(34)35)19-7-5-9-21(27)15-19/h5,7,9,15,20,22-23,29-30H,2-4,6,8,10-14,16-18H2,1H3,(H,31,33)(H,34,35)/t20-,22+,23?/m1/s1. The van der Waals surface area contributed by atoms with Crippen LogP contribution in [0.2, 0.25) is 5.02 Å². The highest BCUT2D eigenvalue weighted by Gasteiger charge is 2.36. The van der Waals surface area contributed by atoms with Crippen molar-refractivity contribution in [2.45, 2.75) is 69.2 Å². The molecule has 1 aromatic carbocycles. The quantitative estimate of drug-likeness (QED) is 0.312. The average molecular weight is 527 g/mol. The second-order valence-electron chi connectivity index (χ2n) is 10.0. The molecule has 1 aromatic rings. The molecule has 1 aliphatic heterocycles. The van der Waals surface area contributed by atoms with Gasteiger partial charge in [-0.2, -0.15) is 0 Å². The zero-order valence-corrected chi connectivity index (χ0v) is 21.9. The summed E-state index contributed by atoms with van der Waals surface area (Å²) in [7, 11) is 1.81. The van der Waals surface area contributed by atoms with Crippen LogP contribution in [0.25, 0.3) is 0 Å². The molecule has 3 rings (SSSR count). The van der Waals surface area contributed by atoms with E-state index in [-0.39, 0.29) is 37.2 Å². The Morgan fingerprint density at radius 2 is 2.06 bits per heavy atom. The Bertz CT molecular complexity index is 855. The Morgan fingerprint density at radius 1 is 1.28 bits per heavy atom. The number of carboxylic acid groups (broad SMARTS) is 1. The van der Waals surface area contributed by atoms with Crippen LogP contribution in [0.3, 0.4) is 0 Å². The highest BCUT2D eigenvalue weighted by molar-refractivity contribution is 6.30. The number of likely N-dealkylation sites (N-methyl/N-ethyl adjacent to an activating group) is 1. The number of urea groups is 1. The number of benzene rings is 1. The molecule has 10 heteroatoms. The Morgan fingerprint density at radius 3 is 2.75 bits per heavy atom. The second-order valence-corrected chi connectivity index (χ2v) is 10.5. The fourth-order valence-corrected chi connectivity index (χ4v) is 5.69. The lowest BCUT2D eigenvalue weighted by Crippen LogP contribution is -2.53. The van der Waals surface area contributed by atoms with Crippen LogP contribution < -0.4 is 16.0 Å². The van der Waals surface area contributed by atoms with Crippen molar-refractivity contribution in [2.24, 2.45) is 5.92 Å². The molecule has 4 N–H and O–H groups in total. The summed E-state index contributed by atoms with van der Waals surface area (Å²) < 4.78 is 21.5. The van der Waals surface area contributed by atoms with Gasteiger partial charge in [0.05, 0.1) is 12.7 Å². The number of hydrogen-bond acceptors (Lipinski definition) is 4. The van der Waals surface area contributed by atoms with Crippen molar-refractivity contribution >= 4 is 23.7 Å². The van der Waals surface area contributed by atoms with Gasteiger partial charge in [-0.05, 0) is 50.4 Å². The van der Waals surface area contributed by atoms with E-state index in [9.17, 15) is 9.59 Å². The zero-order chi connectivity index (χ0) is 26.0. The van der Waals surface area contributed by atoms with Crippen molar-refractivity contribution in [1.29, 1.82) is 0 Å². The lowest BCUT2D eigenvalue weighted by molar-refractivity contribution is -0.00864. The van der Waals surface area contributed by atoms with Crippen molar-refractivity contribution in [2.75, 3.05) is 39.8 Å². The molecule has 1 unspecified atom stereocenters. The molecule has 202 valence electrons. The maximum Gasteiger partial charge on any atom is 0.404 e. The number of amides is 3. The van der Waals surface area contributed by atoms with E-state index in [4.69, 9.17) is 21.4 Å². The molecule has 36 heavy (non-hydrogen) atoms. The SMILES string of the molecule is CNC[C@H](CC1(F)CCCCC1)NC(=O)N1CCC[C@@H](C(OCCNC(=O)O)c2cccc(Cl)c2)C1. The number of halogens is 2. The van der Waals surface area contributed by atoms with Crippen molar-refractivity contribution < 1.29 is 23.8 Å². The number of carbonyl (C=O) groups is 2. The van der Waals surface area contributed by atoms with E-state index in [2.05, 4.69) is 16.0 Å². The molecule has 0 aromatic heterocycles. The van der Waals surface area contributed by atoms with Gasteiger partial charge in [0.15, 0.2) is 0 Å². The third-order valence-corrected chi connectivity index (χ3v) is 7.40. The van der Waals surface area contributed by atoms with Gasteiger partial charge in [0, 0.05) is 49.6 Å². The van der Waals surface area contributed by atoms with E-state index in [1.165, 1.54) is 0 Å². The highest BCUT2D eigenvalue weighted by atomic mass is 35.5. The van der Waals surface area contributed by atoms with Gasteiger partial charge in [-0.15, -0.1) is 0 Å². The maximum atomic E-state index is 15.4. The third-order valence-electron chi connectivity index (χ3n) is 7.17. The van der Waals surface area contributed by atoms with Crippen molar-refractivity contribution in [3.05, 3.63) is 34.9 Å². The molecule has 1 saturated heterocycles. The Hall–Kier alpha value is -2.10. The third kappa shape index (κ3) is 8.78. The highest BCUT2D eigenvalue weighted by Crippen LogP contribution is 2.36. The van der Waals surface area contributed by atoms with Crippen molar-refractivity contribution in [3.8, 4) is 0 Å². The fraction of sp³-hybridized carbons (Fsp3) is 0.692. The molecule has 0 bridgehead atoms. The average Bonchev–Trinajstić information content (AvgIpc) is 2.84. The fourth-order valence-electron chi connectivity index (χ4n) is 5.49. The number of piperidine rings is 1. The molecule has 3 atom stereocenters.